The fraction of sp³-hybridized carbons (Fsp3) is 0.368. The lowest BCUT2D eigenvalue weighted by molar-refractivity contribution is 0.178. The van der Waals surface area contributed by atoms with E-state index in [4.69, 9.17) is 0 Å². The maximum Gasteiger partial charge on any atom is 0.0830 e. The number of hydrogen-bond donors (Lipinski definition) is 1. The molecule has 1 nitrogen and oxygen atoms in total. The van der Waals surface area contributed by atoms with Crippen LogP contribution < -0.4 is 0 Å². The Morgan fingerprint density at radius 2 is 1.55 bits per heavy atom. The van der Waals surface area contributed by atoms with Gasteiger partial charge in [-0.15, -0.1) is 0 Å². The zero-order valence-electron chi connectivity index (χ0n) is 12.9. The summed E-state index contributed by atoms with van der Waals surface area (Å²) in [6.07, 6.45) is 0.228. The first-order valence-corrected chi connectivity index (χ1v) is 7.21. The van der Waals surface area contributed by atoms with E-state index >= 15 is 0 Å². The van der Waals surface area contributed by atoms with Crippen LogP contribution in [-0.2, 0) is 11.8 Å². The average molecular weight is 268 g/mol. The second kappa shape index (κ2) is 5.80. The van der Waals surface area contributed by atoms with Crippen LogP contribution in [0.15, 0.2) is 48.5 Å². The van der Waals surface area contributed by atoms with Crippen molar-refractivity contribution in [2.75, 3.05) is 0 Å². The average Bonchev–Trinajstić information content (AvgIpc) is 2.40. The van der Waals surface area contributed by atoms with Crippen LogP contribution in [0.3, 0.4) is 0 Å². The third-order valence-corrected chi connectivity index (χ3v) is 3.84. The molecule has 2 rings (SSSR count). The minimum atomic E-state index is -0.440. The minimum Gasteiger partial charge on any atom is -0.388 e. The largest absolute Gasteiger partial charge is 0.388 e. The molecular formula is C19H24O. The van der Waals surface area contributed by atoms with Crippen molar-refractivity contribution >= 4 is 0 Å². The Bertz CT molecular complexity index is 561. The van der Waals surface area contributed by atoms with E-state index in [1.807, 2.05) is 24.3 Å². The lowest BCUT2D eigenvalue weighted by Gasteiger charge is -2.20. The zero-order valence-corrected chi connectivity index (χ0v) is 12.9. The molecule has 0 aliphatic heterocycles. The SMILES string of the molecule is Cc1ccccc1CC(O)c1ccc(C(C)(C)C)cc1. The fourth-order valence-corrected chi connectivity index (χ4v) is 2.37. The lowest BCUT2D eigenvalue weighted by atomic mass is 9.86. The Labute approximate surface area is 122 Å². The predicted octanol–water partition coefficient (Wildman–Crippen LogP) is 4.57. The monoisotopic (exact) mass is 268 g/mol. The van der Waals surface area contributed by atoms with Crippen molar-refractivity contribution in [1.29, 1.82) is 0 Å². The van der Waals surface area contributed by atoms with Gasteiger partial charge in [0, 0.05) is 6.42 Å². The van der Waals surface area contributed by atoms with Crippen LogP contribution in [0, 0.1) is 6.92 Å². The maximum absolute atomic E-state index is 10.4. The molecule has 0 radical (unpaired) electrons. The maximum atomic E-state index is 10.4. The van der Waals surface area contributed by atoms with E-state index in [-0.39, 0.29) is 5.41 Å². The summed E-state index contributed by atoms with van der Waals surface area (Å²) in [6.45, 7) is 8.69. The summed E-state index contributed by atoms with van der Waals surface area (Å²) in [5.74, 6) is 0. The van der Waals surface area contributed by atoms with Gasteiger partial charge in [-0.25, -0.2) is 0 Å². The summed E-state index contributed by atoms with van der Waals surface area (Å²) in [5.41, 5.74) is 4.88. The third-order valence-electron chi connectivity index (χ3n) is 3.84. The van der Waals surface area contributed by atoms with E-state index in [1.54, 1.807) is 0 Å². The second-order valence-corrected chi connectivity index (χ2v) is 6.52. The van der Waals surface area contributed by atoms with E-state index < -0.39 is 6.10 Å². The van der Waals surface area contributed by atoms with Gasteiger partial charge >= 0.3 is 0 Å². The standard InChI is InChI=1S/C19H24O/c1-14-7-5-6-8-16(14)13-18(20)15-9-11-17(12-10-15)19(2,3)4/h5-12,18,20H,13H2,1-4H3. The molecule has 0 aromatic heterocycles. The van der Waals surface area contributed by atoms with Crippen LogP contribution >= 0.6 is 0 Å². The van der Waals surface area contributed by atoms with Gasteiger partial charge in [0.05, 0.1) is 6.10 Å². The fourth-order valence-electron chi connectivity index (χ4n) is 2.37. The molecule has 0 saturated heterocycles. The first-order valence-electron chi connectivity index (χ1n) is 7.21. The van der Waals surface area contributed by atoms with Gasteiger partial charge in [0.1, 0.15) is 0 Å². The number of hydrogen-bond acceptors (Lipinski definition) is 1. The summed E-state index contributed by atoms with van der Waals surface area (Å²) in [7, 11) is 0. The minimum absolute atomic E-state index is 0.152. The van der Waals surface area contributed by atoms with Gasteiger partial charge in [-0.2, -0.15) is 0 Å². The number of aryl methyl sites for hydroxylation is 1. The van der Waals surface area contributed by atoms with Gasteiger partial charge in [-0.05, 0) is 34.6 Å². The first kappa shape index (κ1) is 14.8. The molecule has 1 N–H and O–H groups in total. The smallest absolute Gasteiger partial charge is 0.0830 e. The molecule has 1 heteroatoms. The first-order chi connectivity index (χ1) is 9.38. The molecule has 0 fully saturated rings. The highest BCUT2D eigenvalue weighted by molar-refractivity contribution is 5.31. The molecule has 0 heterocycles. The molecular weight excluding hydrogens is 244 g/mol. The molecule has 0 amide bonds. The van der Waals surface area contributed by atoms with E-state index in [9.17, 15) is 5.11 Å². The molecule has 20 heavy (non-hydrogen) atoms. The van der Waals surface area contributed by atoms with Crippen LogP contribution in [0.1, 0.15) is 49.1 Å². The number of rotatable bonds is 3. The van der Waals surface area contributed by atoms with Gasteiger partial charge in [0.2, 0.25) is 0 Å². The third kappa shape index (κ3) is 3.49. The second-order valence-electron chi connectivity index (χ2n) is 6.52. The van der Waals surface area contributed by atoms with Crippen LogP contribution in [0.25, 0.3) is 0 Å². The molecule has 0 aliphatic carbocycles. The molecule has 0 saturated carbocycles. The normalized spacial score (nSPS) is 13.2. The predicted molar refractivity (Wildman–Crippen MR) is 85.0 cm³/mol. The van der Waals surface area contributed by atoms with E-state index in [2.05, 4.69) is 52.0 Å². The van der Waals surface area contributed by atoms with Crippen LogP contribution in [0.5, 0.6) is 0 Å². The van der Waals surface area contributed by atoms with Gasteiger partial charge in [0.15, 0.2) is 0 Å². The van der Waals surface area contributed by atoms with Gasteiger partial charge in [-0.3, -0.25) is 0 Å². The van der Waals surface area contributed by atoms with Crippen LogP contribution in [0.2, 0.25) is 0 Å². The number of benzene rings is 2. The molecule has 2 aromatic rings. The van der Waals surface area contributed by atoms with Crippen molar-refractivity contribution in [3.8, 4) is 0 Å². The van der Waals surface area contributed by atoms with Gasteiger partial charge in [-0.1, -0.05) is 69.3 Å². The zero-order chi connectivity index (χ0) is 14.8. The molecule has 0 aliphatic rings. The van der Waals surface area contributed by atoms with Crippen molar-refractivity contribution in [2.45, 2.75) is 45.6 Å². The highest BCUT2D eigenvalue weighted by atomic mass is 16.3. The van der Waals surface area contributed by atoms with E-state index in [0.29, 0.717) is 6.42 Å². The molecule has 1 unspecified atom stereocenters. The summed E-state index contributed by atoms with van der Waals surface area (Å²) in [4.78, 5) is 0. The van der Waals surface area contributed by atoms with Crippen LogP contribution in [0.4, 0.5) is 0 Å². The van der Waals surface area contributed by atoms with Crippen molar-refractivity contribution in [2.24, 2.45) is 0 Å². The Morgan fingerprint density at radius 1 is 0.950 bits per heavy atom. The lowest BCUT2D eigenvalue weighted by Crippen LogP contribution is -2.11. The highest BCUT2D eigenvalue weighted by Crippen LogP contribution is 2.25. The van der Waals surface area contributed by atoms with E-state index in [1.165, 1.54) is 16.7 Å². The van der Waals surface area contributed by atoms with Gasteiger partial charge in [0.25, 0.3) is 0 Å². The summed E-state index contributed by atoms with van der Waals surface area (Å²) >= 11 is 0. The Morgan fingerprint density at radius 3 is 2.10 bits per heavy atom. The summed E-state index contributed by atoms with van der Waals surface area (Å²) in [5, 5.41) is 10.4. The molecule has 0 bridgehead atoms. The molecule has 106 valence electrons. The Hall–Kier alpha value is -1.60. The van der Waals surface area contributed by atoms with Crippen LogP contribution in [-0.4, -0.2) is 5.11 Å². The van der Waals surface area contributed by atoms with E-state index in [0.717, 1.165) is 5.56 Å². The Balaban J connectivity index is 2.14. The topological polar surface area (TPSA) is 20.2 Å². The van der Waals surface area contributed by atoms with Crippen molar-refractivity contribution < 1.29 is 5.11 Å². The van der Waals surface area contributed by atoms with Crippen molar-refractivity contribution in [3.63, 3.8) is 0 Å². The van der Waals surface area contributed by atoms with Crippen molar-refractivity contribution in [1.82, 2.24) is 0 Å². The van der Waals surface area contributed by atoms with Gasteiger partial charge < -0.3 is 5.11 Å². The molecule has 2 aromatic carbocycles. The summed E-state index contributed by atoms with van der Waals surface area (Å²) in [6, 6.07) is 16.6. The summed E-state index contributed by atoms with van der Waals surface area (Å²) < 4.78 is 0. The Kier molecular flexibility index (Phi) is 4.29. The quantitative estimate of drug-likeness (QED) is 0.864. The highest BCUT2D eigenvalue weighted by Gasteiger charge is 2.15. The molecule has 1 atom stereocenters. The number of aliphatic hydroxyl groups is 1. The number of aliphatic hydroxyl groups excluding tert-OH is 1. The molecule has 0 spiro atoms. The van der Waals surface area contributed by atoms with Crippen molar-refractivity contribution in [3.05, 3.63) is 70.8 Å².